The lowest BCUT2D eigenvalue weighted by Gasteiger charge is -2.37. The standard InChI is InChI=1S/C17H24FNO2/c1-13(11-14-4-7-16(18)8-5-14)19-10-2-3-15(12-19)6-9-17(20)21/h4-5,7-8,13,15H,2-3,6,9-12H2,1H3,(H,20,21). The molecule has 4 heteroatoms. The molecule has 1 heterocycles. The van der Waals surface area contributed by atoms with E-state index >= 15 is 0 Å². The average molecular weight is 293 g/mol. The van der Waals surface area contributed by atoms with E-state index < -0.39 is 5.97 Å². The lowest BCUT2D eigenvalue weighted by molar-refractivity contribution is -0.137. The summed E-state index contributed by atoms with van der Waals surface area (Å²) >= 11 is 0. The van der Waals surface area contributed by atoms with Crippen LogP contribution in [0.15, 0.2) is 24.3 Å². The summed E-state index contributed by atoms with van der Waals surface area (Å²) in [4.78, 5) is 13.1. The molecule has 1 aliphatic rings. The minimum atomic E-state index is -0.702. The van der Waals surface area contributed by atoms with Gasteiger partial charge >= 0.3 is 5.97 Å². The van der Waals surface area contributed by atoms with E-state index in [4.69, 9.17) is 5.11 Å². The number of nitrogens with zero attached hydrogens (tertiary/aromatic N) is 1. The van der Waals surface area contributed by atoms with Crippen molar-refractivity contribution < 1.29 is 14.3 Å². The number of piperidine rings is 1. The Morgan fingerprint density at radius 2 is 2.14 bits per heavy atom. The molecule has 2 atom stereocenters. The summed E-state index contributed by atoms with van der Waals surface area (Å²) in [6, 6.07) is 7.11. The first-order chi connectivity index (χ1) is 10.0. The van der Waals surface area contributed by atoms with E-state index in [1.807, 2.05) is 12.1 Å². The van der Waals surface area contributed by atoms with Crippen molar-refractivity contribution in [1.82, 2.24) is 4.90 Å². The molecule has 21 heavy (non-hydrogen) atoms. The molecule has 1 N–H and O–H groups in total. The van der Waals surface area contributed by atoms with Gasteiger partial charge in [0.05, 0.1) is 0 Å². The van der Waals surface area contributed by atoms with Gasteiger partial charge in [0.1, 0.15) is 5.82 Å². The third-order valence-electron chi connectivity index (χ3n) is 4.38. The van der Waals surface area contributed by atoms with E-state index in [1.54, 1.807) is 0 Å². The Hall–Kier alpha value is -1.42. The molecule has 0 spiro atoms. The minimum absolute atomic E-state index is 0.196. The normalized spacial score (nSPS) is 21.1. The Balaban J connectivity index is 1.85. The second-order valence-corrected chi connectivity index (χ2v) is 6.12. The van der Waals surface area contributed by atoms with Gasteiger partial charge in [0.25, 0.3) is 0 Å². The molecule has 0 aromatic heterocycles. The van der Waals surface area contributed by atoms with Gasteiger partial charge in [-0.15, -0.1) is 0 Å². The zero-order valence-electron chi connectivity index (χ0n) is 12.6. The topological polar surface area (TPSA) is 40.5 Å². The van der Waals surface area contributed by atoms with Crippen LogP contribution >= 0.6 is 0 Å². The van der Waals surface area contributed by atoms with Crippen molar-refractivity contribution in [3.05, 3.63) is 35.6 Å². The van der Waals surface area contributed by atoms with Gasteiger partial charge in [0.2, 0.25) is 0 Å². The van der Waals surface area contributed by atoms with Gasteiger partial charge in [-0.05, 0) is 62.8 Å². The van der Waals surface area contributed by atoms with Crippen molar-refractivity contribution in [3.63, 3.8) is 0 Å². The smallest absolute Gasteiger partial charge is 0.303 e. The number of likely N-dealkylation sites (tertiary alicyclic amines) is 1. The van der Waals surface area contributed by atoms with Crippen molar-refractivity contribution in [1.29, 1.82) is 0 Å². The molecule has 0 radical (unpaired) electrons. The average Bonchev–Trinajstić information content (AvgIpc) is 2.48. The fraction of sp³-hybridized carbons (Fsp3) is 0.588. The van der Waals surface area contributed by atoms with Crippen molar-refractivity contribution >= 4 is 5.97 Å². The molecule has 1 aromatic rings. The Labute approximate surface area is 125 Å². The molecule has 1 fully saturated rings. The molecule has 2 unspecified atom stereocenters. The van der Waals surface area contributed by atoms with Crippen molar-refractivity contribution in [2.24, 2.45) is 5.92 Å². The van der Waals surface area contributed by atoms with Crippen LogP contribution in [0.3, 0.4) is 0 Å². The second-order valence-electron chi connectivity index (χ2n) is 6.12. The van der Waals surface area contributed by atoms with Crippen molar-refractivity contribution in [2.75, 3.05) is 13.1 Å². The van der Waals surface area contributed by atoms with E-state index in [0.717, 1.165) is 44.3 Å². The van der Waals surface area contributed by atoms with Crippen LogP contribution in [0, 0.1) is 11.7 Å². The van der Waals surface area contributed by atoms with Crippen LogP contribution in [0.25, 0.3) is 0 Å². The van der Waals surface area contributed by atoms with Gasteiger partial charge < -0.3 is 10.0 Å². The third kappa shape index (κ3) is 5.12. The molecule has 1 aliphatic heterocycles. The maximum absolute atomic E-state index is 12.9. The first-order valence-corrected chi connectivity index (χ1v) is 7.75. The quantitative estimate of drug-likeness (QED) is 0.874. The summed E-state index contributed by atoms with van der Waals surface area (Å²) in [6.45, 7) is 4.25. The fourth-order valence-corrected chi connectivity index (χ4v) is 3.15. The van der Waals surface area contributed by atoms with Gasteiger partial charge in [-0.25, -0.2) is 4.39 Å². The van der Waals surface area contributed by atoms with E-state index in [-0.39, 0.29) is 12.2 Å². The summed E-state index contributed by atoms with van der Waals surface area (Å²) in [5.41, 5.74) is 1.15. The summed E-state index contributed by atoms with van der Waals surface area (Å²) in [6.07, 6.45) is 4.22. The van der Waals surface area contributed by atoms with Crippen LogP contribution in [-0.2, 0) is 11.2 Å². The monoisotopic (exact) mass is 293 g/mol. The first kappa shape index (κ1) is 16.0. The molecule has 1 aromatic carbocycles. The van der Waals surface area contributed by atoms with E-state index in [0.29, 0.717) is 12.0 Å². The lowest BCUT2D eigenvalue weighted by Crippen LogP contribution is -2.42. The molecule has 3 nitrogen and oxygen atoms in total. The SMILES string of the molecule is CC(Cc1ccc(F)cc1)N1CCCC(CCC(=O)O)C1. The molecular weight excluding hydrogens is 269 g/mol. The van der Waals surface area contributed by atoms with E-state index in [1.165, 1.54) is 12.1 Å². The van der Waals surface area contributed by atoms with Gasteiger partial charge in [-0.2, -0.15) is 0 Å². The van der Waals surface area contributed by atoms with E-state index in [2.05, 4.69) is 11.8 Å². The maximum atomic E-state index is 12.9. The van der Waals surface area contributed by atoms with Crippen LogP contribution in [0.4, 0.5) is 4.39 Å². The number of hydrogen-bond donors (Lipinski definition) is 1. The fourth-order valence-electron chi connectivity index (χ4n) is 3.15. The van der Waals surface area contributed by atoms with Gasteiger partial charge in [0.15, 0.2) is 0 Å². The molecular formula is C17H24FNO2. The number of carbonyl (C=O) groups is 1. The van der Waals surface area contributed by atoms with Gasteiger partial charge in [0, 0.05) is 19.0 Å². The summed E-state index contributed by atoms with van der Waals surface area (Å²) in [5.74, 6) is -0.407. The Morgan fingerprint density at radius 1 is 1.43 bits per heavy atom. The number of hydrogen-bond acceptors (Lipinski definition) is 2. The maximum Gasteiger partial charge on any atom is 0.303 e. The molecule has 1 saturated heterocycles. The van der Waals surface area contributed by atoms with Gasteiger partial charge in [-0.1, -0.05) is 12.1 Å². The molecule has 0 aliphatic carbocycles. The lowest BCUT2D eigenvalue weighted by atomic mass is 9.92. The predicted octanol–water partition coefficient (Wildman–Crippen LogP) is 3.33. The van der Waals surface area contributed by atoms with Crippen LogP contribution in [0.2, 0.25) is 0 Å². The number of benzene rings is 1. The Morgan fingerprint density at radius 3 is 2.81 bits per heavy atom. The number of aliphatic carboxylic acids is 1. The number of rotatable bonds is 6. The largest absolute Gasteiger partial charge is 0.481 e. The zero-order valence-corrected chi connectivity index (χ0v) is 12.6. The van der Waals surface area contributed by atoms with Crippen molar-refractivity contribution in [2.45, 2.75) is 45.1 Å². The molecule has 2 rings (SSSR count). The van der Waals surface area contributed by atoms with Crippen LogP contribution in [-0.4, -0.2) is 35.1 Å². The number of carboxylic acids is 1. The van der Waals surface area contributed by atoms with E-state index in [9.17, 15) is 9.18 Å². The number of carboxylic acid groups (broad SMARTS) is 1. The minimum Gasteiger partial charge on any atom is -0.481 e. The first-order valence-electron chi connectivity index (χ1n) is 7.75. The highest BCUT2D eigenvalue weighted by Gasteiger charge is 2.23. The Kier molecular flexibility index (Phi) is 5.74. The summed E-state index contributed by atoms with van der Waals surface area (Å²) in [5, 5.41) is 8.79. The highest BCUT2D eigenvalue weighted by molar-refractivity contribution is 5.66. The van der Waals surface area contributed by atoms with Gasteiger partial charge in [-0.3, -0.25) is 4.79 Å². The summed E-state index contributed by atoms with van der Waals surface area (Å²) < 4.78 is 12.9. The van der Waals surface area contributed by atoms with Crippen LogP contribution < -0.4 is 0 Å². The summed E-state index contributed by atoms with van der Waals surface area (Å²) in [7, 11) is 0. The Bertz CT molecular complexity index is 460. The number of halogens is 1. The van der Waals surface area contributed by atoms with Crippen LogP contribution in [0.5, 0.6) is 0 Å². The molecule has 0 saturated carbocycles. The third-order valence-corrected chi connectivity index (χ3v) is 4.38. The predicted molar refractivity (Wildman–Crippen MR) is 80.7 cm³/mol. The van der Waals surface area contributed by atoms with Crippen molar-refractivity contribution in [3.8, 4) is 0 Å². The highest BCUT2D eigenvalue weighted by Crippen LogP contribution is 2.23. The molecule has 116 valence electrons. The zero-order chi connectivity index (χ0) is 15.2. The second kappa shape index (κ2) is 7.55. The highest BCUT2D eigenvalue weighted by atomic mass is 19.1. The molecule has 0 amide bonds. The van der Waals surface area contributed by atoms with Crippen LogP contribution in [0.1, 0.15) is 38.2 Å². The molecule has 0 bridgehead atoms.